The minimum atomic E-state index is -1.04. The summed E-state index contributed by atoms with van der Waals surface area (Å²) in [6, 6.07) is 0. The van der Waals surface area contributed by atoms with Crippen LogP contribution in [0.3, 0.4) is 0 Å². The largest absolute Gasteiger partial charge is 0.465 e. The van der Waals surface area contributed by atoms with Gasteiger partial charge in [-0.15, -0.1) is 0 Å². The zero-order valence-electron chi connectivity index (χ0n) is 38.0. The Hall–Kier alpha value is -1.06. The van der Waals surface area contributed by atoms with Crippen molar-refractivity contribution in [2.45, 2.75) is 285 Å². The second kappa shape index (κ2) is 38.5. The standard InChI is InChI=1S/C51H98O4/c1-47(2)41-35-31-27-23-19-15-11-7-5-9-13-17-21-25-29-33-39-45-54-49(52)51(43-37-38-44-51)50(53)55-46-40-34-30-26-22-18-14-10-6-8-12-16-20-24-28-32-36-42-48(3)4/h47-48H,5-46H2,1-4H3. The maximum Gasteiger partial charge on any atom is 0.323 e. The molecule has 55 heavy (non-hydrogen) atoms. The smallest absolute Gasteiger partial charge is 0.323 e. The SMILES string of the molecule is CC(C)CCCCCCCCCCCCCCCCCCCOC(=O)C1(C(=O)OCCCCCCCCCCCCCCCCCCCC(C)C)CCCC1. The average Bonchev–Trinajstić information content (AvgIpc) is 3.67. The summed E-state index contributed by atoms with van der Waals surface area (Å²) in [4.78, 5) is 26.2. The van der Waals surface area contributed by atoms with Crippen molar-refractivity contribution in [2.24, 2.45) is 17.3 Å². The molecular formula is C51H98O4. The number of hydrogen-bond donors (Lipinski definition) is 0. The molecule has 0 aromatic carbocycles. The van der Waals surface area contributed by atoms with Gasteiger partial charge in [0.15, 0.2) is 5.41 Å². The molecule has 1 fully saturated rings. The van der Waals surface area contributed by atoms with E-state index >= 15 is 0 Å². The summed E-state index contributed by atoms with van der Waals surface area (Å²) in [5.74, 6) is 1.09. The van der Waals surface area contributed by atoms with Crippen molar-refractivity contribution in [3.8, 4) is 0 Å². The highest BCUT2D eigenvalue weighted by molar-refractivity contribution is 6.00. The lowest BCUT2D eigenvalue weighted by molar-refractivity contribution is -0.172. The molecule has 0 radical (unpaired) electrons. The molecule has 1 aliphatic carbocycles. The van der Waals surface area contributed by atoms with Crippen molar-refractivity contribution in [3.63, 3.8) is 0 Å². The monoisotopic (exact) mass is 775 g/mol. The zero-order valence-corrected chi connectivity index (χ0v) is 38.0. The highest BCUT2D eigenvalue weighted by Gasteiger charge is 2.50. The Labute approximate surface area is 345 Å². The number of carbonyl (C=O) groups excluding carboxylic acids is 2. The molecule has 0 N–H and O–H groups in total. The third-order valence-corrected chi connectivity index (χ3v) is 12.6. The minimum absolute atomic E-state index is 0.324. The summed E-state index contributed by atoms with van der Waals surface area (Å²) in [6.45, 7) is 10.2. The second-order valence-corrected chi connectivity index (χ2v) is 18.9. The number of carbonyl (C=O) groups is 2. The third-order valence-electron chi connectivity index (χ3n) is 12.6. The number of unbranched alkanes of at least 4 members (excludes halogenated alkanes) is 32. The fourth-order valence-corrected chi connectivity index (χ4v) is 8.69. The van der Waals surface area contributed by atoms with Crippen LogP contribution in [-0.2, 0) is 19.1 Å². The normalized spacial score (nSPS) is 14.0. The Morgan fingerprint density at radius 3 is 0.764 bits per heavy atom. The Kier molecular flexibility index (Phi) is 36.3. The molecule has 0 amide bonds. The van der Waals surface area contributed by atoms with Gasteiger partial charge in [-0.1, -0.05) is 259 Å². The van der Waals surface area contributed by atoms with Crippen molar-refractivity contribution in [1.29, 1.82) is 0 Å². The lowest BCUT2D eigenvalue weighted by Gasteiger charge is -2.24. The molecule has 1 saturated carbocycles. The van der Waals surface area contributed by atoms with E-state index in [0.29, 0.717) is 26.1 Å². The van der Waals surface area contributed by atoms with E-state index in [1.807, 2.05) is 0 Å². The summed E-state index contributed by atoms with van der Waals surface area (Å²) in [5, 5.41) is 0. The number of rotatable bonds is 42. The summed E-state index contributed by atoms with van der Waals surface area (Å²) in [7, 11) is 0. The van der Waals surface area contributed by atoms with E-state index < -0.39 is 5.41 Å². The molecule has 0 atom stereocenters. The second-order valence-electron chi connectivity index (χ2n) is 18.9. The summed E-state index contributed by atoms with van der Waals surface area (Å²) < 4.78 is 11.4. The molecule has 1 aliphatic rings. The summed E-state index contributed by atoms with van der Waals surface area (Å²) in [5.41, 5.74) is -1.04. The van der Waals surface area contributed by atoms with Gasteiger partial charge in [-0.2, -0.15) is 0 Å². The van der Waals surface area contributed by atoms with Crippen LogP contribution in [-0.4, -0.2) is 25.2 Å². The van der Waals surface area contributed by atoms with E-state index in [1.165, 1.54) is 205 Å². The van der Waals surface area contributed by atoms with Crippen LogP contribution in [0, 0.1) is 17.3 Å². The van der Waals surface area contributed by atoms with Gasteiger partial charge >= 0.3 is 11.9 Å². The van der Waals surface area contributed by atoms with E-state index in [2.05, 4.69) is 27.7 Å². The summed E-state index contributed by atoms with van der Waals surface area (Å²) >= 11 is 0. The molecule has 0 heterocycles. The first-order valence-corrected chi connectivity index (χ1v) is 25.2. The van der Waals surface area contributed by atoms with Gasteiger partial charge in [0.1, 0.15) is 0 Å². The molecule has 1 rings (SSSR count). The Morgan fingerprint density at radius 1 is 0.345 bits per heavy atom. The first kappa shape index (κ1) is 52.0. The van der Waals surface area contributed by atoms with Gasteiger partial charge in [-0.3, -0.25) is 9.59 Å². The average molecular weight is 775 g/mol. The van der Waals surface area contributed by atoms with E-state index in [-0.39, 0.29) is 11.9 Å². The third kappa shape index (κ3) is 31.6. The van der Waals surface area contributed by atoms with Gasteiger partial charge in [-0.05, 0) is 37.5 Å². The van der Waals surface area contributed by atoms with Crippen LogP contribution in [0.1, 0.15) is 285 Å². The van der Waals surface area contributed by atoms with Gasteiger partial charge < -0.3 is 9.47 Å². The maximum absolute atomic E-state index is 13.1. The lowest BCUT2D eigenvalue weighted by Crippen LogP contribution is -2.40. The minimum Gasteiger partial charge on any atom is -0.465 e. The zero-order chi connectivity index (χ0) is 39.9. The van der Waals surface area contributed by atoms with E-state index in [1.54, 1.807) is 0 Å². The highest BCUT2D eigenvalue weighted by Crippen LogP contribution is 2.40. The predicted octanol–water partition coefficient (Wildman–Crippen LogP) is 17.0. The van der Waals surface area contributed by atoms with Crippen molar-refractivity contribution in [3.05, 3.63) is 0 Å². The van der Waals surface area contributed by atoms with Gasteiger partial charge in [0.25, 0.3) is 0 Å². The molecule has 326 valence electrons. The molecule has 0 aromatic heterocycles. The van der Waals surface area contributed by atoms with Crippen LogP contribution >= 0.6 is 0 Å². The predicted molar refractivity (Wildman–Crippen MR) is 239 cm³/mol. The highest BCUT2D eigenvalue weighted by atomic mass is 16.6. The number of esters is 2. The maximum atomic E-state index is 13.1. The van der Waals surface area contributed by atoms with Crippen molar-refractivity contribution in [2.75, 3.05) is 13.2 Å². The Bertz CT molecular complexity index is 767. The van der Waals surface area contributed by atoms with Gasteiger partial charge in [-0.25, -0.2) is 0 Å². The molecule has 4 heteroatoms. The van der Waals surface area contributed by atoms with Gasteiger partial charge in [0.05, 0.1) is 13.2 Å². The topological polar surface area (TPSA) is 52.6 Å². The quantitative estimate of drug-likeness (QED) is 0.0352. The van der Waals surface area contributed by atoms with E-state index in [9.17, 15) is 9.59 Å². The number of hydrogen-bond acceptors (Lipinski definition) is 4. The number of ether oxygens (including phenoxy) is 2. The Morgan fingerprint density at radius 2 is 0.545 bits per heavy atom. The van der Waals surface area contributed by atoms with Crippen LogP contribution in [0.25, 0.3) is 0 Å². The van der Waals surface area contributed by atoms with Crippen molar-refractivity contribution in [1.82, 2.24) is 0 Å². The molecule has 0 saturated heterocycles. The van der Waals surface area contributed by atoms with Crippen molar-refractivity contribution >= 4 is 11.9 Å². The first-order valence-electron chi connectivity index (χ1n) is 25.2. The fraction of sp³-hybridized carbons (Fsp3) is 0.961. The Balaban J connectivity index is 1.90. The van der Waals surface area contributed by atoms with E-state index in [4.69, 9.17) is 9.47 Å². The molecule has 0 spiro atoms. The molecule has 0 bridgehead atoms. The first-order chi connectivity index (χ1) is 26.9. The van der Waals surface area contributed by atoms with Gasteiger partial charge in [0.2, 0.25) is 0 Å². The summed E-state index contributed by atoms with van der Waals surface area (Å²) in [6.07, 6.45) is 51.4. The molecule has 0 aromatic rings. The molecular weight excluding hydrogens is 677 g/mol. The van der Waals surface area contributed by atoms with Gasteiger partial charge in [0, 0.05) is 0 Å². The molecule has 0 unspecified atom stereocenters. The molecule has 0 aliphatic heterocycles. The van der Waals surface area contributed by atoms with Crippen LogP contribution in [0.2, 0.25) is 0 Å². The van der Waals surface area contributed by atoms with E-state index in [0.717, 1.165) is 50.4 Å². The van der Waals surface area contributed by atoms with Crippen LogP contribution in [0.5, 0.6) is 0 Å². The van der Waals surface area contributed by atoms with Crippen LogP contribution in [0.4, 0.5) is 0 Å². The fourth-order valence-electron chi connectivity index (χ4n) is 8.69. The van der Waals surface area contributed by atoms with Crippen molar-refractivity contribution < 1.29 is 19.1 Å². The van der Waals surface area contributed by atoms with Crippen LogP contribution < -0.4 is 0 Å². The molecule has 4 nitrogen and oxygen atoms in total. The lowest BCUT2D eigenvalue weighted by atomic mass is 9.86. The van der Waals surface area contributed by atoms with Crippen LogP contribution in [0.15, 0.2) is 0 Å².